The van der Waals surface area contributed by atoms with Gasteiger partial charge in [0.05, 0.1) is 12.7 Å². The van der Waals surface area contributed by atoms with Crippen molar-refractivity contribution < 1.29 is 23.5 Å². The van der Waals surface area contributed by atoms with Crippen LogP contribution in [-0.2, 0) is 16.1 Å². The minimum absolute atomic E-state index is 0.0804. The Labute approximate surface area is 133 Å². The number of ether oxygens (including phenoxy) is 2. The zero-order chi connectivity index (χ0) is 16.7. The lowest BCUT2D eigenvalue weighted by atomic mass is 10.2. The maximum Gasteiger partial charge on any atom is 0.337 e. The highest BCUT2D eigenvalue weighted by molar-refractivity contribution is 5.89. The molecule has 0 radical (unpaired) electrons. The maximum atomic E-state index is 13.4. The van der Waals surface area contributed by atoms with E-state index in [2.05, 4.69) is 10.1 Å². The first-order valence-corrected chi connectivity index (χ1v) is 6.91. The van der Waals surface area contributed by atoms with Crippen molar-refractivity contribution in [2.45, 2.75) is 6.54 Å². The van der Waals surface area contributed by atoms with Crippen molar-refractivity contribution in [3.8, 4) is 5.75 Å². The third kappa shape index (κ3) is 4.81. The Morgan fingerprint density at radius 1 is 1.13 bits per heavy atom. The highest BCUT2D eigenvalue weighted by Crippen LogP contribution is 2.14. The van der Waals surface area contributed by atoms with E-state index in [-0.39, 0.29) is 19.0 Å². The van der Waals surface area contributed by atoms with E-state index in [1.807, 2.05) is 0 Å². The Balaban J connectivity index is 1.85. The molecule has 6 heteroatoms. The molecule has 1 amide bonds. The summed E-state index contributed by atoms with van der Waals surface area (Å²) in [4.78, 5) is 23.1. The fraction of sp³-hybridized carbons (Fsp3) is 0.176. The molecule has 0 saturated carbocycles. The summed E-state index contributed by atoms with van der Waals surface area (Å²) in [5.41, 5.74) is 0.727. The lowest BCUT2D eigenvalue weighted by molar-refractivity contribution is -0.123. The molecule has 2 aromatic rings. The minimum Gasteiger partial charge on any atom is -0.484 e. The molecule has 0 bridgehead atoms. The number of nitrogens with one attached hydrogen (secondary N) is 1. The third-order valence-corrected chi connectivity index (χ3v) is 3.06. The van der Waals surface area contributed by atoms with Gasteiger partial charge in [0.2, 0.25) is 0 Å². The second-order valence-electron chi connectivity index (χ2n) is 4.68. The van der Waals surface area contributed by atoms with Crippen molar-refractivity contribution in [2.75, 3.05) is 13.7 Å². The Kier molecular flexibility index (Phi) is 5.68. The minimum atomic E-state index is -0.487. The smallest absolute Gasteiger partial charge is 0.337 e. The number of benzene rings is 2. The monoisotopic (exact) mass is 317 g/mol. The zero-order valence-electron chi connectivity index (χ0n) is 12.5. The van der Waals surface area contributed by atoms with Gasteiger partial charge in [-0.05, 0) is 24.3 Å². The number of hydrogen-bond acceptors (Lipinski definition) is 4. The second-order valence-corrected chi connectivity index (χ2v) is 4.68. The Hall–Kier alpha value is -2.89. The summed E-state index contributed by atoms with van der Waals surface area (Å²) < 4.78 is 23.3. The predicted octanol–water partition coefficient (Wildman–Crippen LogP) is 2.31. The lowest BCUT2D eigenvalue weighted by Crippen LogP contribution is -2.28. The summed E-state index contributed by atoms with van der Waals surface area (Å²) in [7, 11) is 1.28. The van der Waals surface area contributed by atoms with E-state index in [9.17, 15) is 14.0 Å². The maximum absolute atomic E-state index is 13.4. The van der Waals surface area contributed by atoms with Crippen LogP contribution in [0.3, 0.4) is 0 Å². The van der Waals surface area contributed by atoms with Crippen LogP contribution in [0.4, 0.5) is 4.39 Å². The molecule has 2 rings (SSSR count). The molecule has 0 unspecified atom stereocenters. The number of carbonyl (C=O) groups excluding carboxylic acids is 2. The largest absolute Gasteiger partial charge is 0.484 e. The van der Waals surface area contributed by atoms with Crippen molar-refractivity contribution in [2.24, 2.45) is 0 Å². The number of carbonyl (C=O) groups is 2. The molecule has 0 atom stereocenters. The van der Waals surface area contributed by atoms with Gasteiger partial charge in [0.25, 0.3) is 5.91 Å². The Bertz CT molecular complexity index is 702. The molecule has 0 spiro atoms. The number of amides is 1. The Morgan fingerprint density at radius 3 is 2.65 bits per heavy atom. The average Bonchev–Trinajstić information content (AvgIpc) is 2.58. The highest BCUT2D eigenvalue weighted by Gasteiger charge is 2.08. The van der Waals surface area contributed by atoms with Crippen molar-refractivity contribution in [3.05, 3.63) is 65.5 Å². The molecule has 23 heavy (non-hydrogen) atoms. The molecule has 0 aliphatic heterocycles. The number of methoxy groups -OCH3 is 1. The number of halogens is 1. The van der Waals surface area contributed by atoms with Crippen molar-refractivity contribution >= 4 is 11.9 Å². The first-order chi connectivity index (χ1) is 11.1. The summed E-state index contributed by atoms with van der Waals surface area (Å²) in [5, 5.41) is 2.56. The van der Waals surface area contributed by atoms with Gasteiger partial charge in [-0.25, -0.2) is 9.18 Å². The van der Waals surface area contributed by atoms with Crippen LogP contribution in [0.5, 0.6) is 5.75 Å². The van der Waals surface area contributed by atoms with Crippen LogP contribution >= 0.6 is 0 Å². The van der Waals surface area contributed by atoms with Crippen LogP contribution in [0, 0.1) is 5.82 Å². The molecule has 5 nitrogen and oxygen atoms in total. The number of hydrogen-bond donors (Lipinski definition) is 1. The highest BCUT2D eigenvalue weighted by atomic mass is 19.1. The molecule has 1 N–H and O–H groups in total. The van der Waals surface area contributed by atoms with Crippen molar-refractivity contribution in [3.63, 3.8) is 0 Å². The van der Waals surface area contributed by atoms with Gasteiger partial charge in [-0.15, -0.1) is 0 Å². The molecule has 120 valence electrons. The summed E-state index contributed by atoms with van der Waals surface area (Å²) in [6.07, 6.45) is 0. The molecular formula is C17H16FNO4. The van der Waals surface area contributed by atoms with Crippen LogP contribution in [0.2, 0.25) is 0 Å². The Morgan fingerprint density at radius 2 is 1.91 bits per heavy atom. The molecule has 0 aliphatic carbocycles. The van der Waals surface area contributed by atoms with Crippen molar-refractivity contribution in [1.82, 2.24) is 5.32 Å². The van der Waals surface area contributed by atoms with Crippen LogP contribution in [-0.4, -0.2) is 25.6 Å². The van der Waals surface area contributed by atoms with Gasteiger partial charge < -0.3 is 14.8 Å². The van der Waals surface area contributed by atoms with Gasteiger partial charge in [-0.2, -0.15) is 0 Å². The summed E-state index contributed by atoms with van der Waals surface area (Å²) in [5.74, 6) is -0.885. The fourth-order valence-corrected chi connectivity index (χ4v) is 1.87. The predicted molar refractivity (Wildman–Crippen MR) is 81.5 cm³/mol. The molecule has 0 fully saturated rings. The van der Waals surface area contributed by atoms with Crippen LogP contribution < -0.4 is 10.1 Å². The normalized spacial score (nSPS) is 10.0. The summed E-state index contributed by atoms with van der Waals surface area (Å²) in [6, 6.07) is 12.5. The van der Waals surface area contributed by atoms with Gasteiger partial charge in [0.1, 0.15) is 11.6 Å². The van der Waals surface area contributed by atoms with E-state index in [1.165, 1.54) is 19.2 Å². The van der Waals surface area contributed by atoms with Gasteiger partial charge in [-0.3, -0.25) is 4.79 Å². The van der Waals surface area contributed by atoms with Gasteiger partial charge in [0, 0.05) is 12.1 Å². The fourth-order valence-electron chi connectivity index (χ4n) is 1.87. The van der Waals surface area contributed by atoms with E-state index >= 15 is 0 Å². The molecule has 0 aromatic heterocycles. The lowest BCUT2D eigenvalue weighted by Gasteiger charge is -2.09. The first-order valence-electron chi connectivity index (χ1n) is 6.91. The van der Waals surface area contributed by atoms with E-state index in [4.69, 9.17) is 4.74 Å². The standard InChI is InChI=1S/C17H16FNO4/c1-22-17(21)12-6-4-7-14(9-12)23-11-16(20)19-10-13-5-2-3-8-15(13)18/h2-9H,10-11H2,1H3,(H,19,20). The second kappa shape index (κ2) is 7.93. The summed E-state index contributed by atoms with van der Waals surface area (Å²) in [6.45, 7) is -0.157. The molecule has 0 saturated heterocycles. The quantitative estimate of drug-likeness (QED) is 0.830. The molecule has 2 aromatic carbocycles. The van der Waals surface area contributed by atoms with Gasteiger partial charge >= 0.3 is 5.97 Å². The van der Waals surface area contributed by atoms with Gasteiger partial charge in [-0.1, -0.05) is 24.3 Å². The van der Waals surface area contributed by atoms with Crippen LogP contribution in [0.1, 0.15) is 15.9 Å². The molecule has 0 heterocycles. The molecule has 0 aliphatic rings. The van der Waals surface area contributed by atoms with Crippen LogP contribution in [0.15, 0.2) is 48.5 Å². The van der Waals surface area contributed by atoms with Crippen LogP contribution in [0.25, 0.3) is 0 Å². The average molecular weight is 317 g/mol. The first kappa shape index (κ1) is 16.5. The topological polar surface area (TPSA) is 64.6 Å². The molecular weight excluding hydrogens is 301 g/mol. The van der Waals surface area contributed by atoms with Gasteiger partial charge in [0.15, 0.2) is 6.61 Å². The van der Waals surface area contributed by atoms with E-state index in [0.29, 0.717) is 16.9 Å². The van der Waals surface area contributed by atoms with E-state index in [1.54, 1.807) is 36.4 Å². The third-order valence-electron chi connectivity index (χ3n) is 3.06. The summed E-state index contributed by atoms with van der Waals surface area (Å²) >= 11 is 0. The van der Waals surface area contributed by atoms with Crippen molar-refractivity contribution in [1.29, 1.82) is 0 Å². The number of esters is 1. The van der Waals surface area contributed by atoms with E-state index in [0.717, 1.165) is 0 Å². The zero-order valence-corrected chi connectivity index (χ0v) is 12.5. The van der Waals surface area contributed by atoms with E-state index < -0.39 is 11.9 Å². The SMILES string of the molecule is COC(=O)c1cccc(OCC(=O)NCc2ccccc2F)c1. The number of rotatable bonds is 6.